The molecular formula is C9H8Cl2N4. The molecule has 0 aliphatic rings. The van der Waals surface area contributed by atoms with Crippen molar-refractivity contribution in [1.29, 1.82) is 0 Å². The fraction of sp³-hybridized carbons (Fsp3) is 0.222. The number of imidazole rings is 1. The van der Waals surface area contributed by atoms with Gasteiger partial charge in [0.25, 0.3) is 0 Å². The van der Waals surface area contributed by atoms with Gasteiger partial charge in [0.15, 0.2) is 0 Å². The minimum atomic E-state index is 0.270. The van der Waals surface area contributed by atoms with E-state index in [1.54, 1.807) is 6.20 Å². The van der Waals surface area contributed by atoms with E-state index in [0.29, 0.717) is 16.5 Å². The van der Waals surface area contributed by atoms with Crippen molar-refractivity contribution in [3.63, 3.8) is 0 Å². The summed E-state index contributed by atoms with van der Waals surface area (Å²) in [5.74, 6) is 1.78. The number of nitrogens with zero attached hydrogens (tertiary/aromatic N) is 4. The Morgan fingerprint density at radius 3 is 2.73 bits per heavy atom. The van der Waals surface area contributed by atoms with E-state index in [2.05, 4.69) is 15.0 Å². The molecule has 0 aliphatic carbocycles. The summed E-state index contributed by atoms with van der Waals surface area (Å²) < 4.78 is 1.82. The van der Waals surface area contributed by atoms with Crippen LogP contribution < -0.4 is 0 Å². The normalized spacial score (nSPS) is 10.6. The maximum Gasteiger partial charge on any atom is 0.147 e. The number of aromatic nitrogens is 4. The molecule has 15 heavy (non-hydrogen) atoms. The highest BCUT2D eigenvalue weighted by Gasteiger charge is 2.11. The number of halogens is 2. The Morgan fingerprint density at radius 1 is 1.33 bits per heavy atom. The molecule has 0 saturated heterocycles. The highest BCUT2D eigenvalue weighted by atomic mass is 35.5. The Bertz CT molecular complexity index is 481. The molecule has 0 spiro atoms. The lowest BCUT2D eigenvalue weighted by Crippen LogP contribution is -2.04. The molecule has 0 unspecified atom stereocenters. The first-order valence-corrected chi connectivity index (χ1v) is 5.21. The zero-order valence-corrected chi connectivity index (χ0v) is 9.50. The van der Waals surface area contributed by atoms with E-state index in [-0.39, 0.29) is 5.88 Å². The van der Waals surface area contributed by atoms with E-state index < -0.39 is 0 Å². The van der Waals surface area contributed by atoms with E-state index in [1.165, 1.54) is 6.33 Å². The molecule has 2 aromatic rings. The monoisotopic (exact) mass is 242 g/mol. The molecule has 2 aromatic heterocycles. The third-order valence-corrected chi connectivity index (χ3v) is 2.65. The van der Waals surface area contributed by atoms with Gasteiger partial charge in [-0.2, -0.15) is 0 Å². The first kappa shape index (κ1) is 10.4. The van der Waals surface area contributed by atoms with Gasteiger partial charge in [0, 0.05) is 18.0 Å². The van der Waals surface area contributed by atoms with Crippen LogP contribution in [0.2, 0.25) is 5.15 Å². The molecule has 0 radical (unpaired) electrons. The lowest BCUT2D eigenvalue weighted by molar-refractivity contribution is 0.902. The van der Waals surface area contributed by atoms with Gasteiger partial charge in [0.05, 0.1) is 5.88 Å². The minimum Gasteiger partial charge on any atom is -0.288 e. The van der Waals surface area contributed by atoms with Crippen LogP contribution in [0.4, 0.5) is 0 Å². The third-order valence-electron chi connectivity index (χ3n) is 2.06. The molecular weight excluding hydrogens is 235 g/mol. The second-order valence-electron chi connectivity index (χ2n) is 2.94. The highest BCUT2D eigenvalue weighted by molar-refractivity contribution is 6.31. The summed E-state index contributed by atoms with van der Waals surface area (Å²) in [6.07, 6.45) is 4.92. The molecule has 0 amide bonds. The first-order chi connectivity index (χ1) is 7.24. The highest BCUT2D eigenvalue weighted by Crippen LogP contribution is 2.21. The summed E-state index contributed by atoms with van der Waals surface area (Å²) in [6.45, 7) is 1.88. The predicted octanol–water partition coefficient (Wildman–Crippen LogP) is 2.36. The lowest BCUT2D eigenvalue weighted by atomic mass is 10.3. The fourth-order valence-corrected chi connectivity index (χ4v) is 1.82. The van der Waals surface area contributed by atoms with Crippen LogP contribution in [0.15, 0.2) is 18.7 Å². The van der Waals surface area contributed by atoms with Crippen molar-refractivity contribution in [2.75, 3.05) is 0 Å². The second kappa shape index (κ2) is 4.16. The van der Waals surface area contributed by atoms with E-state index in [1.807, 2.05) is 17.7 Å². The average molecular weight is 243 g/mol. The standard InChI is InChI=1S/C9H8Cl2N4/c1-6-12-2-3-15(6)9-7(4-10)8(11)13-5-14-9/h2-3,5H,4H2,1H3. The van der Waals surface area contributed by atoms with Crippen LogP contribution in [0.25, 0.3) is 5.82 Å². The molecule has 0 N–H and O–H groups in total. The third kappa shape index (κ3) is 1.82. The van der Waals surface area contributed by atoms with E-state index in [9.17, 15) is 0 Å². The maximum absolute atomic E-state index is 5.93. The largest absolute Gasteiger partial charge is 0.288 e. The van der Waals surface area contributed by atoms with Crippen molar-refractivity contribution in [3.05, 3.63) is 35.3 Å². The Morgan fingerprint density at radius 2 is 2.13 bits per heavy atom. The smallest absolute Gasteiger partial charge is 0.147 e. The van der Waals surface area contributed by atoms with Gasteiger partial charge in [-0.05, 0) is 6.92 Å². The zero-order chi connectivity index (χ0) is 10.8. The van der Waals surface area contributed by atoms with Crippen LogP contribution in [0.5, 0.6) is 0 Å². The van der Waals surface area contributed by atoms with E-state index in [0.717, 1.165) is 5.82 Å². The number of hydrogen-bond donors (Lipinski definition) is 0. The quantitative estimate of drug-likeness (QED) is 0.600. The summed E-state index contributed by atoms with van der Waals surface area (Å²) in [7, 11) is 0. The lowest BCUT2D eigenvalue weighted by Gasteiger charge is -2.08. The maximum atomic E-state index is 5.93. The van der Waals surface area contributed by atoms with E-state index in [4.69, 9.17) is 23.2 Å². The van der Waals surface area contributed by atoms with Gasteiger partial charge in [0.2, 0.25) is 0 Å². The molecule has 0 saturated carbocycles. The van der Waals surface area contributed by atoms with Crippen molar-refractivity contribution in [3.8, 4) is 5.82 Å². The Hall–Kier alpha value is -1.13. The summed E-state index contributed by atoms with van der Waals surface area (Å²) in [4.78, 5) is 12.2. The Kier molecular flexibility index (Phi) is 2.88. The zero-order valence-electron chi connectivity index (χ0n) is 7.98. The van der Waals surface area contributed by atoms with Gasteiger partial charge < -0.3 is 0 Å². The van der Waals surface area contributed by atoms with Crippen LogP contribution in [0.3, 0.4) is 0 Å². The molecule has 2 rings (SSSR count). The SMILES string of the molecule is Cc1nccn1-c1ncnc(Cl)c1CCl. The Balaban J connectivity index is 2.63. The number of alkyl halides is 1. The van der Waals surface area contributed by atoms with Gasteiger partial charge in [-0.1, -0.05) is 11.6 Å². The molecule has 0 aromatic carbocycles. The molecule has 0 fully saturated rings. The summed E-state index contributed by atoms with van der Waals surface area (Å²) in [5, 5.41) is 0.378. The van der Waals surface area contributed by atoms with Crippen molar-refractivity contribution >= 4 is 23.2 Å². The molecule has 0 bridgehead atoms. The molecule has 0 aliphatic heterocycles. The molecule has 78 valence electrons. The summed E-state index contributed by atoms with van der Waals surface area (Å²) >= 11 is 11.7. The second-order valence-corrected chi connectivity index (χ2v) is 3.57. The summed E-state index contributed by atoms with van der Waals surface area (Å²) in [5.41, 5.74) is 0.710. The number of aryl methyl sites for hydroxylation is 1. The van der Waals surface area contributed by atoms with Gasteiger partial charge >= 0.3 is 0 Å². The Labute approximate surface area is 96.9 Å². The first-order valence-electron chi connectivity index (χ1n) is 4.29. The molecule has 2 heterocycles. The van der Waals surface area contributed by atoms with Crippen molar-refractivity contribution in [2.45, 2.75) is 12.8 Å². The van der Waals surface area contributed by atoms with Gasteiger partial charge in [-0.25, -0.2) is 15.0 Å². The van der Waals surface area contributed by atoms with Gasteiger partial charge in [-0.3, -0.25) is 4.57 Å². The molecule has 0 atom stereocenters. The fourth-order valence-electron chi connectivity index (χ4n) is 1.31. The van der Waals surface area contributed by atoms with Crippen LogP contribution in [0.1, 0.15) is 11.4 Å². The van der Waals surface area contributed by atoms with Crippen LogP contribution in [-0.2, 0) is 5.88 Å². The van der Waals surface area contributed by atoms with Crippen molar-refractivity contribution in [1.82, 2.24) is 19.5 Å². The van der Waals surface area contributed by atoms with Gasteiger partial charge in [0.1, 0.15) is 23.1 Å². The minimum absolute atomic E-state index is 0.270. The van der Waals surface area contributed by atoms with Gasteiger partial charge in [-0.15, -0.1) is 11.6 Å². The van der Waals surface area contributed by atoms with Crippen molar-refractivity contribution < 1.29 is 0 Å². The number of rotatable bonds is 2. The summed E-state index contributed by atoms with van der Waals surface area (Å²) in [6, 6.07) is 0. The average Bonchev–Trinajstić information content (AvgIpc) is 2.64. The van der Waals surface area contributed by atoms with E-state index >= 15 is 0 Å². The molecule has 4 nitrogen and oxygen atoms in total. The van der Waals surface area contributed by atoms with Crippen LogP contribution in [0, 0.1) is 6.92 Å². The number of hydrogen-bond acceptors (Lipinski definition) is 3. The van der Waals surface area contributed by atoms with Crippen LogP contribution in [-0.4, -0.2) is 19.5 Å². The molecule has 6 heteroatoms. The predicted molar refractivity (Wildman–Crippen MR) is 58.5 cm³/mol. The topological polar surface area (TPSA) is 43.6 Å². The van der Waals surface area contributed by atoms with Crippen LogP contribution >= 0.6 is 23.2 Å². The van der Waals surface area contributed by atoms with Crippen molar-refractivity contribution in [2.24, 2.45) is 0 Å².